The lowest BCUT2D eigenvalue weighted by atomic mass is 9.98. The number of rotatable bonds is 1. The predicted octanol–water partition coefficient (Wildman–Crippen LogP) is 1.22. The maximum atomic E-state index is 11.5. The number of fused-ring (bicyclic) bond motifs is 1. The van der Waals surface area contributed by atoms with E-state index in [1.807, 2.05) is 12.1 Å². The Balaban J connectivity index is 1.97. The number of anilines is 2. The van der Waals surface area contributed by atoms with Crippen molar-refractivity contribution in [2.75, 3.05) is 17.2 Å². The molecular weight excluding hydrogens is 240 g/mol. The van der Waals surface area contributed by atoms with Crippen molar-refractivity contribution in [1.29, 1.82) is 0 Å². The van der Waals surface area contributed by atoms with Gasteiger partial charge in [0.15, 0.2) is 0 Å². The Morgan fingerprint density at radius 3 is 3.05 bits per heavy atom. The Kier molecular flexibility index (Phi) is 2.74. The van der Waals surface area contributed by atoms with Crippen molar-refractivity contribution in [3.8, 4) is 0 Å². The molecule has 1 aliphatic rings. The zero-order chi connectivity index (χ0) is 13.4. The van der Waals surface area contributed by atoms with Crippen molar-refractivity contribution >= 4 is 11.5 Å². The molecule has 5 nitrogen and oxygen atoms in total. The largest absolute Gasteiger partial charge is 0.398 e. The van der Waals surface area contributed by atoms with Crippen molar-refractivity contribution in [2.24, 2.45) is 0 Å². The summed E-state index contributed by atoms with van der Waals surface area (Å²) in [6.45, 7) is 3.35. The molecule has 98 valence electrons. The SMILES string of the molecule is Cc1nc(N2CCc3cccc(N)c3C2)cc(=O)[nH]1. The van der Waals surface area contributed by atoms with Crippen LogP contribution in [0, 0.1) is 6.92 Å². The van der Waals surface area contributed by atoms with Gasteiger partial charge in [-0.05, 0) is 30.5 Å². The van der Waals surface area contributed by atoms with E-state index in [1.54, 1.807) is 6.92 Å². The second-order valence-corrected chi connectivity index (χ2v) is 4.85. The molecule has 3 N–H and O–H groups in total. The second kappa shape index (κ2) is 4.42. The van der Waals surface area contributed by atoms with Gasteiger partial charge in [-0.2, -0.15) is 0 Å². The molecule has 2 aromatic rings. The van der Waals surface area contributed by atoms with Crippen molar-refractivity contribution in [3.05, 3.63) is 51.6 Å². The molecule has 0 fully saturated rings. The average molecular weight is 256 g/mol. The molecule has 0 spiro atoms. The maximum Gasteiger partial charge on any atom is 0.252 e. The molecule has 0 aliphatic carbocycles. The zero-order valence-corrected chi connectivity index (χ0v) is 10.8. The average Bonchev–Trinajstić information content (AvgIpc) is 2.38. The Hall–Kier alpha value is -2.30. The number of nitrogen functional groups attached to an aromatic ring is 1. The highest BCUT2D eigenvalue weighted by Gasteiger charge is 2.19. The van der Waals surface area contributed by atoms with Crippen LogP contribution in [0.15, 0.2) is 29.1 Å². The minimum Gasteiger partial charge on any atom is -0.398 e. The van der Waals surface area contributed by atoms with Gasteiger partial charge in [-0.15, -0.1) is 0 Å². The van der Waals surface area contributed by atoms with Gasteiger partial charge in [0.25, 0.3) is 5.56 Å². The summed E-state index contributed by atoms with van der Waals surface area (Å²) < 4.78 is 0. The van der Waals surface area contributed by atoms with Gasteiger partial charge >= 0.3 is 0 Å². The summed E-state index contributed by atoms with van der Waals surface area (Å²) in [7, 11) is 0. The van der Waals surface area contributed by atoms with Gasteiger partial charge in [-0.3, -0.25) is 4.79 Å². The summed E-state index contributed by atoms with van der Waals surface area (Å²) in [5.41, 5.74) is 9.16. The molecule has 0 radical (unpaired) electrons. The van der Waals surface area contributed by atoms with Gasteiger partial charge in [0, 0.05) is 24.8 Å². The molecule has 2 heterocycles. The Morgan fingerprint density at radius 2 is 2.26 bits per heavy atom. The lowest BCUT2D eigenvalue weighted by Gasteiger charge is -2.30. The first-order valence-corrected chi connectivity index (χ1v) is 6.32. The van der Waals surface area contributed by atoms with Crippen LogP contribution in [0.1, 0.15) is 17.0 Å². The van der Waals surface area contributed by atoms with E-state index in [9.17, 15) is 4.79 Å². The molecule has 0 unspecified atom stereocenters. The molecule has 1 aromatic carbocycles. The van der Waals surface area contributed by atoms with E-state index < -0.39 is 0 Å². The highest BCUT2D eigenvalue weighted by molar-refractivity contribution is 5.55. The fraction of sp³-hybridized carbons (Fsp3) is 0.286. The van der Waals surface area contributed by atoms with E-state index in [4.69, 9.17) is 5.73 Å². The van der Waals surface area contributed by atoms with Crippen LogP contribution >= 0.6 is 0 Å². The number of aryl methyl sites for hydroxylation is 1. The van der Waals surface area contributed by atoms with Gasteiger partial charge < -0.3 is 15.6 Å². The smallest absolute Gasteiger partial charge is 0.252 e. The van der Waals surface area contributed by atoms with Crippen LogP contribution in [0.3, 0.4) is 0 Å². The second-order valence-electron chi connectivity index (χ2n) is 4.85. The number of H-pyrrole nitrogens is 1. The van der Waals surface area contributed by atoms with Crippen LogP contribution in [-0.4, -0.2) is 16.5 Å². The van der Waals surface area contributed by atoms with E-state index in [-0.39, 0.29) is 5.56 Å². The summed E-state index contributed by atoms with van der Waals surface area (Å²) >= 11 is 0. The normalized spacial score (nSPS) is 14.3. The molecule has 1 aliphatic heterocycles. The fourth-order valence-electron chi connectivity index (χ4n) is 2.53. The highest BCUT2D eigenvalue weighted by atomic mass is 16.1. The molecule has 0 bridgehead atoms. The van der Waals surface area contributed by atoms with Gasteiger partial charge in [0.05, 0.1) is 0 Å². The molecule has 0 atom stereocenters. The highest BCUT2D eigenvalue weighted by Crippen LogP contribution is 2.26. The van der Waals surface area contributed by atoms with E-state index in [1.165, 1.54) is 11.6 Å². The van der Waals surface area contributed by atoms with Crippen molar-refractivity contribution < 1.29 is 0 Å². The summed E-state index contributed by atoms with van der Waals surface area (Å²) in [6.07, 6.45) is 0.925. The van der Waals surface area contributed by atoms with Gasteiger partial charge in [-0.1, -0.05) is 12.1 Å². The lowest BCUT2D eigenvalue weighted by Crippen LogP contribution is -2.32. The van der Waals surface area contributed by atoms with Crippen LogP contribution in [0.25, 0.3) is 0 Å². The number of aromatic nitrogens is 2. The third-order valence-corrected chi connectivity index (χ3v) is 3.48. The van der Waals surface area contributed by atoms with E-state index in [2.05, 4.69) is 20.9 Å². The third kappa shape index (κ3) is 2.19. The van der Waals surface area contributed by atoms with Gasteiger partial charge in [0.2, 0.25) is 0 Å². The topological polar surface area (TPSA) is 75.0 Å². The van der Waals surface area contributed by atoms with Crippen LogP contribution in [0.5, 0.6) is 0 Å². The molecule has 0 saturated heterocycles. The fourth-order valence-corrected chi connectivity index (χ4v) is 2.53. The Morgan fingerprint density at radius 1 is 1.42 bits per heavy atom. The van der Waals surface area contributed by atoms with E-state index >= 15 is 0 Å². The molecule has 19 heavy (non-hydrogen) atoms. The number of hydrogen-bond donors (Lipinski definition) is 2. The first-order valence-electron chi connectivity index (χ1n) is 6.32. The minimum absolute atomic E-state index is 0.116. The summed E-state index contributed by atoms with van der Waals surface area (Å²) in [5.74, 6) is 1.35. The standard InChI is InChI=1S/C14H16N4O/c1-9-16-13(7-14(19)17-9)18-6-5-10-3-2-4-12(15)11(10)8-18/h2-4,7H,5-6,8,15H2,1H3,(H,16,17,19). The van der Waals surface area contributed by atoms with Crippen LogP contribution < -0.4 is 16.2 Å². The molecule has 3 rings (SSSR count). The number of nitrogens with two attached hydrogens (primary N) is 1. The van der Waals surface area contributed by atoms with Crippen LogP contribution in [0.2, 0.25) is 0 Å². The van der Waals surface area contributed by atoms with Crippen molar-refractivity contribution in [3.63, 3.8) is 0 Å². The predicted molar refractivity (Wildman–Crippen MR) is 75.2 cm³/mol. The first kappa shape index (κ1) is 11.8. The number of hydrogen-bond acceptors (Lipinski definition) is 4. The summed E-state index contributed by atoms with van der Waals surface area (Å²) in [4.78, 5) is 20.7. The molecule has 5 heteroatoms. The molecule has 0 saturated carbocycles. The molecule has 1 aromatic heterocycles. The number of aromatic amines is 1. The maximum absolute atomic E-state index is 11.5. The molecular formula is C14H16N4O. The van der Waals surface area contributed by atoms with Crippen molar-refractivity contribution in [1.82, 2.24) is 9.97 Å². The third-order valence-electron chi connectivity index (χ3n) is 3.48. The first-order chi connectivity index (χ1) is 9.13. The van der Waals surface area contributed by atoms with Gasteiger partial charge in [-0.25, -0.2) is 4.98 Å². The van der Waals surface area contributed by atoms with E-state index in [0.717, 1.165) is 30.0 Å². The molecule has 0 amide bonds. The minimum atomic E-state index is -0.116. The quantitative estimate of drug-likeness (QED) is 0.752. The lowest BCUT2D eigenvalue weighted by molar-refractivity contribution is 0.717. The van der Waals surface area contributed by atoms with Crippen LogP contribution in [0.4, 0.5) is 11.5 Å². The van der Waals surface area contributed by atoms with Crippen molar-refractivity contribution in [2.45, 2.75) is 19.9 Å². The Bertz CT molecular complexity index is 677. The number of nitrogens with zero attached hydrogens (tertiary/aromatic N) is 2. The monoisotopic (exact) mass is 256 g/mol. The number of benzene rings is 1. The summed E-state index contributed by atoms with van der Waals surface area (Å²) in [5, 5.41) is 0. The van der Waals surface area contributed by atoms with E-state index in [0.29, 0.717) is 12.4 Å². The number of nitrogens with one attached hydrogen (secondary N) is 1. The van der Waals surface area contributed by atoms with Gasteiger partial charge in [0.1, 0.15) is 11.6 Å². The summed E-state index contributed by atoms with van der Waals surface area (Å²) in [6, 6.07) is 7.55. The Labute approximate surface area is 111 Å². The van der Waals surface area contributed by atoms with Crippen LogP contribution in [-0.2, 0) is 13.0 Å². The zero-order valence-electron chi connectivity index (χ0n) is 10.8.